The van der Waals surface area contributed by atoms with Crippen LogP contribution in [-0.4, -0.2) is 40.7 Å². The number of thioether (sulfide) groups is 1. The van der Waals surface area contributed by atoms with E-state index in [2.05, 4.69) is 28.4 Å². The van der Waals surface area contributed by atoms with Gasteiger partial charge in [0.2, 0.25) is 0 Å². The first kappa shape index (κ1) is 11.9. The van der Waals surface area contributed by atoms with Crippen LogP contribution in [-0.2, 0) is 6.54 Å². The summed E-state index contributed by atoms with van der Waals surface area (Å²) in [4.78, 5) is 7.80. The number of nitrogens with zero attached hydrogens (tertiary/aromatic N) is 3. The van der Waals surface area contributed by atoms with Gasteiger partial charge in [0.25, 0.3) is 0 Å². The summed E-state index contributed by atoms with van der Waals surface area (Å²) in [6.45, 7) is 1.60. The fraction of sp³-hybridized carbons (Fsp3) is 0.500. The highest BCUT2D eigenvalue weighted by molar-refractivity contribution is 7.99. The molecule has 2 aromatic rings. The van der Waals surface area contributed by atoms with Crippen molar-refractivity contribution in [1.29, 1.82) is 0 Å². The number of imidazole rings is 1. The molecule has 0 unspecified atom stereocenters. The summed E-state index contributed by atoms with van der Waals surface area (Å²) in [7, 11) is 4.16. The lowest BCUT2D eigenvalue weighted by Crippen LogP contribution is -2.15. The minimum Gasteiger partial charge on any atom is -0.325 e. The van der Waals surface area contributed by atoms with Crippen LogP contribution in [0.5, 0.6) is 0 Å². The molecule has 4 nitrogen and oxygen atoms in total. The Kier molecular flexibility index (Phi) is 3.86. The molecule has 2 heterocycles. The average molecular weight is 256 g/mol. The van der Waals surface area contributed by atoms with Crippen LogP contribution in [0.4, 0.5) is 0 Å². The van der Waals surface area contributed by atoms with Crippen molar-refractivity contribution >= 4 is 28.1 Å². The van der Waals surface area contributed by atoms with E-state index in [-0.39, 0.29) is 0 Å². The van der Waals surface area contributed by atoms with Gasteiger partial charge in [-0.1, -0.05) is 0 Å². The number of aromatic nitrogens is 2. The van der Waals surface area contributed by atoms with Gasteiger partial charge in [-0.2, -0.15) is 0 Å². The predicted octanol–water partition coefficient (Wildman–Crippen LogP) is 1.51. The summed E-state index contributed by atoms with van der Waals surface area (Å²) in [5.41, 5.74) is 6.90. The Labute approximate surface area is 103 Å². The average Bonchev–Trinajstić information content (AvgIpc) is 2.76. The third-order valence-electron chi connectivity index (χ3n) is 2.29. The van der Waals surface area contributed by atoms with Gasteiger partial charge in [0.1, 0.15) is 5.03 Å². The quantitative estimate of drug-likeness (QED) is 0.824. The number of hydrogen-bond donors (Lipinski definition) is 1. The predicted molar refractivity (Wildman–Crippen MR) is 70.2 cm³/mol. The molecule has 88 valence electrons. The topological polar surface area (TPSA) is 46.6 Å². The van der Waals surface area contributed by atoms with Crippen molar-refractivity contribution in [2.24, 2.45) is 5.73 Å². The summed E-state index contributed by atoms with van der Waals surface area (Å²) >= 11 is 3.43. The van der Waals surface area contributed by atoms with Gasteiger partial charge in [0, 0.05) is 30.4 Å². The fourth-order valence-corrected chi connectivity index (χ4v) is 3.38. The second-order valence-corrected chi connectivity index (χ2v) is 5.73. The highest BCUT2D eigenvalue weighted by Gasteiger charge is 2.11. The van der Waals surface area contributed by atoms with Crippen LogP contribution >= 0.6 is 23.1 Å². The Balaban J connectivity index is 2.13. The maximum Gasteiger partial charge on any atom is 0.194 e. The first-order chi connectivity index (χ1) is 7.72. The normalized spacial score (nSPS) is 11.8. The van der Waals surface area contributed by atoms with Crippen molar-refractivity contribution in [2.45, 2.75) is 11.6 Å². The monoisotopic (exact) mass is 256 g/mol. The smallest absolute Gasteiger partial charge is 0.194 e. The fourth-order valence-electron chi connectivity index (χ4n) is 1.44. The lowest BCUT2D eigenvalue weighted by atomic mass is 10.5. The molecule has 0 aromatic carbocycles. The summed E-state index contributed by atoms with van der Waals surface area (Å²) < 4.78 is 2.09. The van der Waals surface area contributed by atoms with Gasteiger partial charge >= 0.3 is 0 Å². The molecule has 0 radical (unpaired) electrons. The van der Waals surface area contributed by atoms with Crippen molar-refractivity contribution in [3.05, 3.63) is 17.3 Å². The van der Waals surface area contributed by atoms with Crippen LogP contribution in [0.15, 0.2) is 16.6 Å². The van der Waals surface area contributed by atoms with E-state index < -0.39 is 0 Å². The lowest BCUT2D eigenvalue weighted by molar-refractivity contribution is 0.437. The van der Waals surface area contributed by atoms with Crippen LogP contribution < -0.4 is 5.73 Å². The van der Waals surface area contributed by atoms with Crippen LogP contribution in [0.1, 0.15) is 5.69 Å². The molecule has 6 heteroatoms. The molecule has 0 spiro atoms. The second kappa shape index (κ2) is 5.18. The van der Waals surface area contributed by atoms with Crippen molar-refractivity contribution < 1.29 is 0 Å². The van der Waals surface area contributed by atoms with Crippen LogP contribution in [0, 0.1) is 0 Å². The van der Waals surface area contributed by atoms with E-state index in [4.69, 9.17) is 5.73 Å². The third kappa shape index (κ3) is 2.40. The summed E-state index contributed by atoms with van der Waals surface area (Å²) in [5, 5.41) is 3.12. The largest absolute Gasteiger partial charge is 0.325 e. The second-order valence-electron chi connectivity index (χ2n) is 3.78. The third-order valence-corrected chi connectivity index (χ3v) is 4.04. The van der Waals surface area contributed by atoms with E-state index in [0.29, 0.717) is 6.54 Å². The Morgan fingerprint density at radius 3 is 3.06 bits per heavy atom. The van der Waals surface area contributed by atoms with E-state index in [1.807, 2.05) is 11.6 Å². The molecule has 0 saturated carbocycles. The van der Waals surface area contributed by atoms with Gasteiger partial charge in [0.15, 0.2) is 4.96 Å². The first-order valence-electron chi connectivity index (χ1n) is 5.14. The summed E-state index contributed by atoms with van der Waals surface area (Å²) in [6.07, 6.45) is 2.03. The van der Waals surface area contributed by atoms with Crippen molar-refractivity contribution in [3.8, 4) is 0 Å². The molecule has 0 amide bonds. The standard InChI is InChI=1S/C10H16N4S2/c1-13(2)3-5-15-9-8(7-11)14-4-6-16-10(14)12-9/h4,6H,3,5,7,11H2,1-2H3. The molecule has 0 saturated heterocycles. The molecule has 2 rings (SSSR count). The zero-order valence-corrected chi connectivity index (χ0v) is 11.1. The SMILES string of the molecule is CN(C)CCSc1nc2sccn2c1CN. The van der Waals surface area contributed by atoms with Gasteiger partial charge in [-0.15, -0.1) is 23.1 Å². The number of thiazole rings is 1. The maximum atomic E-state index is 5.77. The Morgan fingerprint density at radius 1 is 1.56 bits per heavy atom. The summed E-state index contributed by atoms with van der Waals surface area (Å²) in [6, 6.07) is 0. The molecule has 0 aliphatic heterocycles. The zero-order chi connectivity index (χ0) is 11.5. The Morgan fingerprint density at radius 2 is 2.38 bits per heavy atom. The molecule has 0 aliphatic carbocycles. The molecular formula is C10H16N4S2. The lowest BCUT2D eigenvalue weighted by Gasteiger charge is -2.08. The van der Waals surface area contributed by atoms with Gasteiger partial charge < -0.3 is 10.6 Å². The van der Waals surface area contributed by atoms with E-state index >= 15 is 0 Å². The Hall–Kier alpha value is -0.560. The molecule has 0 aliphatic rings. The summed E-state index contributed by atoms with van der Waals surface area (Å²) in [5.74, 6) is 1.05. The molecule has 0 atom stereocenters. The molecule has 16 heavy (non-hydrogen) atoms. The minimum atomic E-state index is 0.544. The highest BCUT2D eigenvalue weighted by Crippen LogP contribution is 2.25. The Bertz CT molecular complexity index is 460. The maximum absolute atomic E-state index is 5.77. The van der Waals surface area contributed by atoms with Crippen LogP contribution in [0.2, 0.25) is 0 Å². The van der Waals surface area contributed by atoms with E-state index in [1.165, 1.54) is 0 Å². The van der Waals surface area contributed by atoms with E-state index in [0.717, 1.165) is 28.0 Å². The van der Waals surface area contributed by atoms with E-state index in [9.17, 15) is 0 Å². The number of hydrogen-bond acceptors (Lipinski definition) is 5. The van der Waals surface area contributed by atoms with Gasteiger partial charge in [-0.05, 0) is 14.1 Å². The van der Waals surface area contributed by atoms with Gasteiger partial charge in [0.05, 0.1) is 5.69 Å². The zero-order valence-electron chi connectivity index (χ0n) is 9.51. The van der Waals surface area contributed by atoms with Crippen molar-refractivity contribution in [3.63, 3.8) is 0 Å². The van der Waals surface area contributed by atoms with E-state index in [1.54, 1.807) is 23.1 Å². The minimum absolute atomic E-state index is 0.544. The number of fused-ring (bicyclic) bond motifs is 1. The van der Waals surface area contributed by atoms with Crippen LogP contribution in [0.3, 0.4) is 0 Å². The highest BCUT2D eigenvalue weighted by atomic mass is 32.2. The van der Waals surface area contributed by atoms with Crippen molar-refractivity contribution in [1.82, 2.24) is 14.3 Å². The molecule has 2 aromatic heterocycles. The van der Waals surface area contributed by atoms with Gasteiger partial charge in [-0.3, -0.25) is 4.40 Å². The molecule has 2 N–H and O–H groups in total. The number of nitrogens with two attached hydrogens (primary N) is 1. The molecular weight excluding hydrogens is 240 g/mol. The van der Waals surface area contributed by atoms with Crippen molar-refractivity contribution in [2.75, 3.05) is 26.4 Å². The number of rotatable bonds is 5. The molecule has 0 bridgehead atoms. The van der Waals surface area contributed by atoms with Gasteiger partial charge in [-0.25, -0.2) is 4.98 Å². The first-order valence-corrected chi connectivity index (χ1v) is 7.01. The molecule has 0 fully saturated rings. The van der Waals surface area contributed by atoms with Crippen LogP contribution in [0.25, 0.3) is 4.96 Å².